The van der Waals surface area contributed by atoms with E-state index in [2.05, 4.69) is 37.2 Å². The van der Waals surface area contributed by atoms with E-state index in [1.54, 1.807) is 0 Å². The lowest BCUT2D eigenvalue weighted by Gasteiger charge is -2.24. The van der Waals surface area contributed by atoms with Crippen molar-refractivity contribution in [3.8, 4) is 0 Å². The Hall–Kier alpha value is -0.543. The summed E-state index contributed by atoms with van der Waals surface area (Å²) in [5, 5.41) is 2.16. The van der Waals surface area contributed by atoms with Gasteiger partial charge in [0.05, 0.1) is 0 Å². The summed E-state index contributed by atoms with van der Waals surface area (Å²) < 4.78 is 6.07. The zero-order valence-corrected chi connectivity index (χ0v) is 10.8. The molecule has 1 heterocycles. The van der Waals surface area contributed by atoms with Crippen LogP contribution in [0.5, 0.6) is 0 Å². The number of hydrogen-bond donors (Lipinski definition) is 0. The smallest absolute Gasteiger partial charge is 0.242 e. The summed E-state index contributed by atoms with van der Waals surface area (Å²) in [6, 6.07) is 2.19. The topological polar surface area (TPSA) is 9.23 Å². The molecule has 1 nitrogen and oxygen atoms in total. The number of hydrogen-bond acceptors (Lipinski definition) is 2. The van der Waals surface area contributed by atoms with E-state index in [0.29, 0.717) is 0 Å². The van der Waals surface area contributed by atoms with Crippen molar-refractivity contribution in [2.75, 3.05) is 0 Å². The van der Waals surface area contributed by atoms with E-state index in [-0.39, 0.29) is 0 Å². The molecular weight excluding hydrogens is 208 g/mol. The van der Waals surface area contributed by atoms with Gasteiger partial charge in [-0.25, -0.2) is 0 Å². The van der Waals surface area contributed by atoms with Crippen LogP contribution in [-0.2, 0) is 10.8 Å². The molecule has 0 saturated heterocycles. The van der Waals surface area contributed by atoms with Gasteiger partial charge in [-0.15, -0.1) is 11.3 Å². The molecule has 76 valence electrons. The Morgan fingerprint density at radius 1 is 1.36 bits per heavy atom. The van der Waals surface area contributed by atoms with Crippen LogP contribution < -0.4 is 0 Å². The number of fused-ring (bicyclic) bond motifs is 1. The second kappa shape index (κ2) is 3.55. The Morgan fingerprint density at radius 2 is 2.14 bits per heavy atom. The first-order valence-electron chi connectivity index (χ1n) is 5.02. The van der Waals surface area contributed by atoms with Crippen LogP contribution in [-0.4, -0.2) is 8.32 Å². The molecule has 0 radical (unpaired) electrons. The summed E-state index contributed by atoms with van der Waals surface area (Å²) in [5.41, 5.74) is 1.34. The van der Waals surface area contributed by atoms with Crippen molar-refractivity contribution in [1.29, 1.82) is 0 Å². The molecule has 14 heavy (non-hydrogen) atoms. The van der Waals surface area contributed by atoms with Crippen molar-refractivity contribution in [2.24, 2.45) is 0 Å². The minimum atomic E-state index is -1.45. The van der Waals surface area contributed by atoms with Gasteiger partial charge in [0, 0.05) is 10.4 Å². The van der Waals surface area contributed by atoms with Crippen LogP contribution in [0.15, 0.2) is 17.5 Å². The highest BCUT2D eigenvalue weighted by atomic mass is 32.1. The Kier molecular flexibility index (Phi) is 2.53. The molecule has 1 aliphatic rings. The molecule has 0 fully saturated rings. The molecule has 0 spiro atoms. The molecule has 3 heteroatoms. The van der Waals surface area contributed by atoms with E-state index < -0.39 is 8.32 Å². The first-order valence-corrected chi connectivity index (χ1v) is 9.31. The third-order valence-corrected chi connectivity index (χ3v) is 3.94. The molecule has 0 bridgehead atoms. The van der Waals surface area contributed by atoms with Crippen LogP contribution in [0.25, 0.3) is 5.76 Å². The largest absolute Gasteiger partial charge is 0.544 e. The van der Waals surface area contributed by atoms with Crippen molar-refractivity contribution >= 4 is 25.4 Å². The second-order valence-electron chi connectivity index (χ2n) is 4.58. The fourth-order valence-electron chi connectivity index (χ4n) is 1.62. The second-order valence-corrected chi connectivity index (χ2v) is 10.0. The van der Waals surface area contributed by atoms with Crippen LogP contribution in [0.3, 0.4) is 0 Å². The van der Waals surface area contributed by atoms with Gasteiger partial charge in [-0.3, -0.25) is 0 Å². The Morgan fingerprint density at radius 3 is 2.86 bits per heavy atom. The third kappa shape index (κ3) is 2.09. The van der Waals surface area contributed by atoms with Crippen LogP contribution >= 0.6 is 11.3 Å². The molecule has 0 amide bonds. The van der Waals surface area contributed by atoms with Gasteiger partial charge in [0.25, 0.3) is 0 Å². The zero-order valence-electron chi connectivity index (χ0n) is 8.96. The number of allylic oxidation sites excluding steroid dienone is 1. The minimum absolute atomic E-state index is 1.13. The quantitative estimate of drug-likeness (QED) is 0.693. The summed E-state index contributed by atoms with van der Waals surface area (Å²) in [7, 11) is -1.45. The van der Waals surface area contributed by atoms with Gasteiger partial charge < -0.3 is 4.43 Å². The highest BCUT2D eigenvalue weighted by molar-refractivity contribution is 7.10. The summed E-state index contributed by atoms with van der Waals surface area (Å²) in [6.07, 6.45) is 4.56. The van der Waals surface area contributed by atoms with E-state index in [9.17, 15) is 0 Å². The predicted molar refractivity (Wildman–Crippen MR) is 65.0 cm³/mol. The van der Waals surface area contributed by atoms with Gasteiger partial charge in [0.1, 0.15) is 5.76 Å². The minimum Gasteiger partial charge on any atom is -0.544 e. The molecule has 0 atom stereocenters. The average molecular weight is 224 g/mol. The lowest BCUT2D eigenvalue weighted by atomic mass is 10.1. The highest BCUT2D eigenvalue weighted by Crippen LogP contribution is 2.32. The van der Waals surface area contributed by atoms with E-state index in [1.165, 1.54) is 16.9 Å². The summed E-state index contributed by atoms with van der Waals surface area (Å²) in [5.74, 6) is 1.13. The maximum absolute atomic E-state index is 6.07. The maximum Gasteiger partial charge on any atom is 0.242 e. The van der Waals surface area contributed by atoms with Crippen LogP contribution in [0, 0.1) is 0 Å². The van der Waals surface area contributed by atoms with Gasteiger partial charge in [-0.1, -0.05) is 0 Å². The lowest BCUT2D eigenvalue weighted by molar-refractivity contribution is 0.509. The Labute approximate surface area is 90.5 Å². The summed E-state index contributed by atoms with van der Waals surface area (Å²) in [6.45, 7) is 6.69. The lowest BCUT2D eigenvalue weighted by Crippen LogP contribution is -2.24. The molecule has 1 aromatic rings. The molecule has 0 unspecified atom stereocenters. The van der Waals surface area contributed by atoms with Gasteiger partial charge in [0.15, 0.2) is 0 Å². The summed E-state index contributed by atoms with van der Waals surface area (Å²) >= 11 is 1.85. The fraction of sp³-hybridized carbons (Fsp3) is 0.455. The number of thiophene rings is 1. The van der Waals surface area contributed by atoms with Crippen molar-refractivity contribution in [1.82, 2.24) is 0 Å². The van der Waals surface area contributed by atoms with E-state index in [1.807, 2.05) is 11.3 Å². The number of rotatable bonds is 2. The Bertz CT molecular complexity index is 360. The molecule has 1 aromatic heterocycles. The first kappa shape index (κ1) is 9.99. The maximum atomic E-state index is 6.07. The van der Waals surface area contributed by atoms with Crippen LogP contribution in [0.1, 0.15) is 16.9 Å². The van der Waals surface area contributed by atoms with Crippen molar-refractivity contribution < 1.29 is 4.43 Å². The highest BCUT2D eigenvalue weighted by Gasteiger charge is 2.22. The normalized spacial score (nSPS) is 16.1. The number of aryl methyl sites for hydroxylation is 1. The monoisotopic (exact) mass is 224 g/mol. The van der Waals surface area contributed by atoms with Crippen LogP contribution in [0.2, 0.25) is 19.6 Å². The zero-order chi connectivity index (χ0) is 10.2. The molecule has 1 aliphatic carbocycles. The molecule has 0 N–H and O–H groups in total. The molecule has 0 aromatic carbocycles. The van der Waals surface area contributed by atoms with E-state index in [4.69, 9.17) is 4.43 Å². The van der Waals surface area contributed by atoms with Gasteiger partial charge in [-0.2, -0.15) is 0 Å². The standard InChI is InChI=1S/C11H16OSSi/c1-14(2,3)12-10-5-4-6-11-9(10)7-8-13-11/h5,7-8H,4,6H2,1-3H3. The Balaban J connectivity index is 2.25. The van der Waals surface area contributed by atoms with Gasteiger partial charge in [0.2, 0.25) is 8.32 Å². The van der Waals surface area contributed by atoms with E-state index >= 15 is 0 Å². The van der Waals surface area contributed by atoms with E-state index in [0.717, 1.165) is 12.2 Å². The molecule has 0 aliphatic heterocycles. The first-order chi connectivity index (χ1) is 6.56. The van der Waals surface area contributed by atoms with Crippen molar-refractivity contribution in [3.63, 3.8) is 0 Å². The predicted octanol–water partition coefficient (Wildman–Crippen LogP) is 3.89. The summed E-state index contributed by atoms with van der Waals surface area (Å²) in [4.78, 5) is 1.49. The SMILES string of the molecule is C[Si](C)(C)OC1=CCCc2sccc21. The third-order valence-electron chi connectivity index (χ3n) is 2.13. The van der Waals surface area contributed by atoms with Gasteiger partial charge >= 0.3 is 0 Å². The van der Waals surface area contributed by atoms with Crippen molar-refractivity contribution in [3.05, 3.63) is 28.0 Å². The van der Waals surface area contributed by atoms with Crippen LogP contribution in [0.4, 0.5) is 0 Å². The van der Waals surface area contributed by atoms with Gasteiger partial charge in [-0.05, 0) is 50.0 Å². The molecule has 2 rings (SSSR count). The average Bonchev–Trinajstić information content (AvgIpc) is 2.49. The molecular formula is C11H16OSSi. The van der Waals surface area contributed by atoms with Crippen molar-refractivity contribution in [2.45, 2.75) is 32.5 Å². The molecule has 0 saturated carbocycles. The fourth-order valence-corrected chi connectivity index (χ4v) is 3.38.